The first-order valence-corrected chi connectivity index (χ1v) is 10.0. The van der Waals surface area contributed by atoms with Crippen LogP contribution in [0.25, 0.3) is 0 Å². The van der Waals surface area contributed by atoms with Gasteiger partial charge < -0.3 is 10.1 Å². The molecule has 142 valence electrons. The number of carbonyl (C=O) groups excluding carboxylic acids is 2. The maximum absolute atomic E-state index is 12.1. The summed E-state index contributed by atoms with van der Waals surface area (Å²) >= 11 is 2.70. The molecule has 0 unspecified atom stereocenters. The highest BCUT2D eigenvalue weighted by Crippen LogP contribution is 2.26. The van der Waals surface area contributed by atoms with Gasteiger partial charge in [-0.3, -0.25) is 19.7 Å². The molecule has 27 heavy (non-hydrogen) atoms. The topological polar surface area (TPSA) is 98.5 Å². The zero-order chi connectivity index (χ0) is 19.8. The molecule has 0 heterocycles. The number of nitrogens with zero attached hydrogens (tertiary/aromatic N) is 1. The Morgan fingerprint density at radius 2 is 1.85 bits per heavy atom. The van der Waals surface area contributed by atoms with Crippen molar-refractivity contribution in [2.24, 2.45) is 0 Å². The zero-order valence-electron chi connectivity index (χ0n) is 14.7. The van der Waals surface area contributed by atoms with E-state index in [1.807, 2.05) is 24.5 Å². The van der Waals surface area contributed by atoms with Gasteiger partial charge in [0.2, 0.25) is 0 Å². The van der Waals surface area contributed by atoms with Crippen molar-refractivity contribution >= 4 is 46.8 Å². The monoisotopic (exact) mass is 406 g/mol. The fourth-order valence-electron chi connectivity index (χ4n) is 2.09. The first-order valence-electron chi connectivity index (χ1n) is 7.91. The third-order valence-electron chi connectivity index (χ3n) is 3.42. The van der Waals surface area contributed by atoms with Gasteiger partial charge in [0.15, 0.2) is 6.61 Å². The number of para-hydroxylation sites is 1. The Morgan fingerprint density at radius 3 is 2.48 bits per heavy atom. The van der Waals surface area contributed by atoms with E-state index in [2.05, 4.69) is 5.32 Å². The number of carbonyl (C=O) groups is 2. The predicted octanol–water partition coefficient (Wildman–Crippen LogP) is 3.98. The molecule has 0 fully saturated rings. The average molecular weight is 406 g/mol. The number of non-ortho nitro benzene ring substituents is 1. The lowest BCUT2D eigenvalue weighted by atomic mass is 10.3. The average Bonchev–Trinajstić information content (AvgIpc) is 2.66. The molecule has 0 aromatic heterocycles. The molecule has 0 aliphatic rings. The third-order valence-corrected chi connectivity index (χ3v) is 5.31. The number of hydrogen-bond donors (Lipinski definition) is 1. The van der Waals surface area contributed by atoms with Crippen LogP contribution in [0.2, 0.25) is 0 Å². The molecule has 0 bridgehead atoms. The molecule has 0 saturated carbocycles. The quantitative estimate of drug-likeness (QED) is 0.306. The minimum absolute atomic E-state index is 0.0169. The number of rotatable bonds is 8. The number of amides is 1. The van der Waals surface area contributed by atoms with Crippen molar-refractivity contribution in [3.63, 3.8) is 0 Å². The van der Waals surface area contributed by atoms with E-state index in [0.29, 0.717) is 10.6 Å². The molecule has 1 atom stereocenters. The standard InChI is InChI=1S/C18H18N2O5S2/c1-12(27-14-9-7-13(8-10-14)20(23)24)18(22)25-11-17(21)19-15-5-3-4-6-16(15)26-2/h3-10,12H,11H2,1-2H3,(H,19,21)/t12-/m1/s1. The normalized spacial score (nSPS) is 11.5. The number of benzene rings is 2. The van der Waals surface area contributed by atoms with Gasteiger partial charge in [-0.15, -0.1) is 23.5 Å². The van der Waals surface area contributed by atoms with Gasteiger partial charge in [-0.1, -0.05) is 12.1 Å². The molecule has 2 aromatic rings. The molecule has 0 radical (unpaired) electrons. The lowest BCUT2D eigenvalue weighted by Gasteiger charge is -2.12. The summed E-state index contributed by atoms with van der Waals surface area (Å²) in [5.74, 6) is -0.955. The van der Waals surface area contributed by atoms with Crippen molar-refractivity contribution < 1.29 is 19.2 Å². The van der Waals surface area contributed by atoms with E-state index in [1.165, 1.54) is 35.7 Å². The molecular formula is C18H18N2O5S2. The second-order valence-electron chi connectivity index (χ2n) is 5.37. The molecule has 0 spiro atoms. The number of anilines is 1. The summed E-state index contributed by atoms with van der Waals surface area (Å²) in [4.78, 5) is 35.8. The van der Waals surface area contributed by atoms with E-state index in [1.54, 1.807) is 25.1 Å². The van der Waals surface area contributed by atoms with Crippen molar-refractivity contribution in [3.05, 3.63) is 58.6 Å². The third kappa shape index (κ3) is 6.30. The second-order valence-corrected chi connectivity index (χ2v) is 7.63. The summed E-state index contributed by atoms with van der Waals surface area (Å²) in [7, 11) is 0. The van der Waals surface area contributed by atoms with E-state index in [0.717, 1.165) is 4.90 Å². The van der Waals surface area contributed by atoms with Crippen LogP contribution in [0.5, 0.6) is 0 Å². The van der Waals surface area contributed by atoms with Gasteiger partial charge in [0.1, 0.15) is 5.25 Å². The summed E-state index contributed by atoms with van der Waals surface area (Å²) in [6.45, 7) is 1.27. The van der Waals surface area contributed by atoms with E-state index >= 15 is 0 Å². The Labute approximate surface area is 165 Å². The maximum atomic E-state index is 12.1. The predicted molar refractivity (Wildman–Crippen MR) is 106 cm³/mol. The van der Waals surface area contributed by atoms with Crippen LogP contribution in [0.3, 0.4) is 0 Å². The molecule has 1 amide bonds. The highest BCUT2D eigenvalue weighted by molar-refractivity contribution is 8.00. The summed E-state index contributed by atoms with van der Waals surface area (Å²) in [5.41, 5.74) is 0.649. The number of esters is 1. The Balaban J connectivity index is 1.83. The van der Waals surface area contributed by atoms with E-state index in [-0.39, 0.29) is 12.3 Å². The van der Waals surface area contributed by atoms with Crippen molar-refractivity contribution in [2.45, 2.75) is 22.0 Å². The second kappa shape index (κ2) is 9.98. The maximum Gasteiger partial charge on any atom is 0.319 e. The molecule has 0 saturated heterocycles. The summed E-state index contributed by atoms with van der Waals surface area (Å²) < 4.78 is 5.06. The van der Waals surface area contributed by atoms with E-state index in [4.69, 9.17) is 4.74 Å². The highest BCUT2D eigenvalue weighted by Gasteiger charge is 2.18. The summed E-state index contributed by atoms with van der Waals surface area (Å²) in [5, 5.41) is 12.8. The smallest absolute Gasteiger partial charge is 0.319 e. The van der Waals surface area contributed by atoms with Crippen molar-refractivity contribution in [1.29, 1.82) is 0 Å². The molecular weight excluding hydrogens is 388 g/mol. The largest absolute Gasteiger partial charge is 0.455 e. The van der Waals surface area contributed by atoms with Gasteiger partial charge >= 0.3 is 5.97 Å². The number of thioether (sulfide) groups is 2. The Morgan fingerprint density at radius 1 is 1.19 bits per heavy atom. The lowest BCUT2D eigenvalue weighted by Crippen LogP contribution is -2.25. The molecule has 0 aliphatic heterocycles. The van der Waals surface area contributed by atoms with Crippen molar-refractivity contribution in [3.8, 4) is 0 Å². The fourth-order valence-corrected chi connectivity index (χ4v) is 3.51. The van der Waals surface area contributed by atoms with E-state index in [9.17, 15) is 19.7 Å². The first-order chi connectivity index (χ1) is 12.9. The molecule has 7 nitrogen and oxygen atoms in total. The molecule has 1 N–H and O–H groups in total. The van der Waals surface area contributed by atoms with Crippen LogP contribution < -0.4 is 5.32 Å². The number of hydrogen-bond acceptors (Lipinski definition) is 7. The fraction of sp³-hybridized carbons (Fsp3) is 0.222. The van der Waals surface area contributed by atoms with Crippen LogP contribution in [-0.2, 0) is 14.3 Å². The Bertz CT molecular complexity index is 827. The van der Waals surface area contributed by atoms with Crippen LogP contribution in [0.4, 0.5) is 11.4 Å². The Hall–Kier alpha value is -2.52. The van der Waals surface area contributed by atoms with E-state index < -0.39 is 22.0 Å². The van der Waals surface area contributed by atoms with Gasteiger partial charge in [0.25, 0.3) is 11.6 Å². The molecule has 2 rings (SSSR count). The van der Waals surface area contributed by atoms with Gasteiger partial charge in [0.05, 0.1) is 10.6 Å². The molecule has 2 aromatic carbocycles. The lowest BCUT2D eigenvalue weighted by molar-refractivity contribution is -0.384. The minimum atomic E-state index is -0.558. The molecule has 9 heteroatoms. The number of ether oxygens (including phenoxy) is 1. The van der Waals surface area contributed by atoms with Crippen molar-refractivity contribution in [1.82, 2.24) is 0 Å². The SMILES string of the molecule is CSc1ccccc1NC(=O)COC(=O)[C@@H](C)Sc1ccc([N+](=O)[O-])cc1. The first kappa shape index (κ1) is 20.8. The zero-order valence-corrected chi connectivity index (χ0v) is 16.3. The van der Waals surface area contributed by atoms with Gasteiger partial charge in [-0.25, -0.2) is 0 Å². The van der Waals surface area contributed by atoms with Gasteiger partial charge in [0, 0.05) is 21.9 Å². The minimum Gasteiger partial charge on any atom is -0.455 e. The van der Waals surface area contributed by atoms with Crippen LogP contribution in [0, 0.1) is 10.1 Å². The number of nitro groups is 1. The van der Waals surface area contributed by atoms with Gasteiger partial charge in [-0.2, -0.15) is 0 Å². The summed E-state index contributed by atoms with van der Waals surface area (Å²) in [6, 6.07) is 13.2. The van der Waals surface area contributed by atoms with Crippen LogP contribution in [0.15, 0.2) is 58.3 Å². The van der Waals surface area contributed by atoms with Crippen molar-refractivity contribution in [2.75, 3.05) is 18.2 Å². The van der Waals surface area contributed by atoms with Gasteiger partial charge in [-0.05, 0) is 37.4 Å². The highest BCUT2D eigenvalue weighted by atomic mass is 32.2. The number of nitro benzene ring substituents is 1. The van der Waals surface area contributed by atoms with Crippen LogP contribution in [0.1, 0.15) is 6.92 Å². The summed E-state index contributed by atoms with van der Waals surface area (Å²) in [6.07, 6.45) is 1.90. The molecule has 0 aliphatic carbocycles. The number of nitrogens with one attached hydrogen (secondary N) is 1. The van der Waals surface area contributed by atoms with Crippen LogP contribution in [-0.4, -0.2) is 34.9 Å². The van der Waals surface area contributed by atoms with Crippen LogP contribution >= 0.6 is 23.5 Å². The Kier molecular flexibility index (Phi) is 7.68.